The minimum absolute atomic E-state index is 0.111. The quantitative estimate of drug-likeness (QED) is 0.158. The van der Waals surface area contributed by atoms with Gasteiger partial charge in [-0.2, -0.15) is 0 Å². The van der Waals surface area contributed by atoms with Crippen LogP contribution in [-0.4, -0.2) is 93.1 Å². The Morgan fingerprint density at radius 3 is 1.50 bits per heavy atom. The third-order valence-electron chi connectivity index (χ3n) is 9.54. The van der Waals surface area contributed by atoms with E-state index in [0.717, 1.165) is 69.2 Å². The molecule has 0 spiro atoms. The predicted molar refractivity (Wildman–Crippen MR) is 191 cm³/mol. The highest BCUT2D eigenvalue weighted by Crippen LogP contribution is 2.44. The van der Waals surface area contributed by atoms with Crippen LogP contribution in [0.2, 0.25) is 0 Å². The molecule has 268 valence electrons. The number of ether oxygens (including phenoxy) is 2. The molecular formula is C34H44N8O6S2. The molecule has 4 N–H and O–H groups in total. The van der Waals surface area contributed by atoms with Crippen molar-refractivity contribution in [1.82, 2.24) is 40.4 Å². The van der Waals surface area contributed by atoms with Gasteiger partial charge in [-0.05, 0) is 37.5 Å². The van der Waals surface area contributed by atoms with Crippen LogP contribution in [0, 0.1) is 11.8 Å². The molecule has 2 fully saturated rings. The molecule has 0 bridgehead atoms. The zero-order valence-corrected chi connectivity index (χ0v) is 30.7. The Hall–Kier alpha value is -4.44. The van der Waals surface area contributed by atoms with Gasteiger partial charge < -0.3 is 39.9 Å². The van der Waals surface area contributed by atoms with Crippen LogP contribution in [0.25, 0.3) is 31.9 Å². The fourth-order valence-corrected chi connectivity index (χ4v) is 9.29. The van der Waals surface area contributed by atoms with Crippen molar-refractivity contribution in [2.45, 2.75) is 77.5 Å². The van der Waals surface area contributed by atoms with Crippen molar-refractivity contribution >= 4 is 56.1 Å². The number of carbonyl (C=O) groups excluding carboxylic acids is 4. The second kappa shape index (κ2) is 14.8. The van der Waals surface area contributed by atoms with E-state index in [1.165, 1.54) is 14.2 Å². The van der Waals surface area contributed by atoms with Crippen LogP contribution in [-0.2, 0) is 19.1 Å². The maximum atomic E-state index is 13.6. The standard InChI is InChI=1S/C34H44N8O6S2/c1-17(2)25(39-33(45)47-5)31(43)41-11-7-9-23(41)29-35-13-21(37-29)19-15-49-28-20(16-50-27(19)28)22-14-36-30(38-22)24-10-8-12-42(24)32(44)26(18(3)4)40-34(46)48-6/h13-18,23-26H,7-12H2,1-6H3,(H,35,37)(H,36,38)(H,39,45)(H,40,46)/t23?,24?,25-,26?/m0/s1. The molecular weight excluding hydrogens is 681 g/mol. The molecule has 4 atom stereocenters. The lowest BCUT2D eigenvalue weighted by Crippen LogP contribution is -2.51. The number of methoxy groups -OCH3 is 2. The number of hydrogen-bond acceptors (Lipinski definition) is 10. The van der Waals surface area contributed by atoms with Crippen LogP contribution in [0.3, 0.4) is 0 Å². The lowest BCUT2D eigenvalue weighted by atomic mass is 10.0. The van der Waals surface area contributed by atoms with Crippen LogP contribution in [0.15, 0.2) is 23.2 Å². The number of likely N-dealkylation sites (tertiary alicyclic amines) is 2. The van der Waals surface area contributed by atoms with Gasteiger partial charge >= 0.3 is 12.2 Å². The molecule has 4 amide bonds. The third kappa shape index (κ3) is 6.82. The number of fused-ring (bicyclic) bond motifs is 1. The lowest BCUT2D eigenvalue weighted by molar-refractivity contribution is -0.136. The number of nitrogens with one attached hydrogen (secondary N) is 4. The first-order chi connectivity index (χ1) is 24.0. The molecule has 0 radical (unpaired) electrons. The fraction of sp³-hybridized carbons (Fsp3) is 0.529. The minimum Gasteiger partial charge on any atom is -0.453 e. The van der Waals surface area contributed by atoms with Gasteiger partial charge in [-0.15, -0.1) is 22.7 Å². The first-order valence-corrected chi connectivity index (χ1v) is 18.7. The van der Waals surface area contributed by atoms with Crippen LogP contribution < -0.4 is 10.6 Å². The summed E-state index contributed by atoms with van der Waals surface area (Å²) in [6.45, 7) is 8.77. The summed E-state index contributed by atoms with van der Waals surface area (Å²) in [6.07, 6.45) is 5.62. The number of nitrogens with zero attached hydrogens (tertiary/aromatic N) is 4. The van der Waals surface area contributed by atoms with E-state index < -0.39 is 24.3 Å². The summed E-state index contributed by atoms with van der Waals surface area (Å²) in [4.78, 5) is 71.1. The maximum absolute atomic E-state index is 13.6. The van der Waals surface area contributed by atoms with Crippen molar-refractivity contribution in [2.24, 2.45) is 11.8 Å². The van der Waals surface area contributed by atoms with E-state index in [-0.39, 0.29) is 35.7 Å². The van der Waals surface area contributed by atoms with Gasteiger partial charge in [-0.1, -0.05) is 27.7 Å². The normalized spacial score (nSPS) is 19.0. The van der Waals surface area contributed by atoms with Gasteiger partial charge in [-0.25, -0.2) is 19.6 Å². The lowest BCUT2D eigenvalue weighted by Gasteiger charge is -2.30. The van der Waals surface area contributed by atoms with Gasteiger partial charge in [0.1, 0.15) is 23.7 Å². The summed E-state index contributed by atoms with van der Waals surface area (Å²) in [5.74, 6) is 0.929. The number of amides is 4. The van der Waals surface area contributed by atoms with Gasteiger partial charge in [0.25, 0.3) is 0 Å². The number of carbonyl (C=O) groups is 4. The van der Waals surface area contributed by atoms with Gasteiger partial charge in [-0.3, -0.25) is 9.59 Å². The highest BCUT2D eigenvalue weighted by Gasteiger charge is 2.39. The van der Waals surface area contributed by atoms with E-state index in [2.05, 4.69) is 31.4 Å². The summed E-state index contributed by atoms with van der Waals surface area (Å²) in [5, 5.41) is 9.62. The summed E-state index contributed by atoms with van der Waals surface area (Å²) < 4.78 is 11.7. The number of hydrogen-bond donors (Lipinski definition) is 4. The number of thiophene rings is 2. The Bertz CT molecular complexity index is 1730. The van der Waals surface area contributed by atoms with Crippen LogP contribution in [0.1, 0.15) is 77.1 Å². The first-order valence-electron chi connectivity index (χ1n) is 16.9. The Morgan fingerprint density at radius 1 is 0.740 bits per heavy atom. The molecule has 16 heteroatoms. The zero-order chi connectivity index (χ0) is 35.7. The van der Waals surface area contributed by atoms with Gasteiger partial charge in [0.05, 0.1) is 59.5 Å². The second-order valence-corrected chi connectivity index (χ2v) is 15.2. The number of aromatic amines is 2. The molecule has 2 aliphatic rings. The SMILES string of the molecule is COC(=O)NC(C(=O)N1CCCC1c1ncc(-c2csc3c(-c4cnc(C5CCCN5C(=O)[C@@H](NC(=O)OC)C(C)C)[nH]4)csc23)[nH]1)C(C)C. The van der Waals surface area contributed by atoms with Crippen LogP contribution in [0.5, 0.6) is 0 Å². The molecule has 6 heterocycles. The Balaban J connectivity index is 1.20. The average molecular weight is 725 g/mol. The number of alkyl carbamates (subject to hydrolysis) is 2. The van der Waals surface area contributed by atoms with E-state index in [1.807, 2.05) is 49.9 Å². The van der Waals surface area contributed by atoms with Gasteiger partial charge in [0.2, 0.25) is 11.8 Å². The molecule has 0 aliphatic carbocycles. The average Bonchev–Trinajstić information content (AvgIpc) is 3.94. The van der Waals surface area contributed by atoms with Crippen LogP contribution in [0.4, 0.5) is 9.59 Å². The molecule has 4 aromatic heterocycles. The molecule has 14 nitrogen and oxygen atoms in total. The van der Waals surface area contributed by atoms with E-state index in [9.17, 15) is 19.2 Å². The summed E-state index contributed by atoms with van der Waals surface area (Å²) in [5.41, 5.74) is 3.82. The van der Waals surface area contributed by atoms with Crippen LogP contribution >= 0.6 is 22.7 Å². The number of imidazole rings is 2. The summed E-state index contributed by atoms with van der Waals surface area (Å²) in [6, 6.07) is -1.83. The van der Waals surface area contributed by atoms with Crippen molar-refractivity contribution in [3.05, 3.63) is 34.8 Å². The molecule has 2 aliphatic heterocycles. The number of H-pyrrole nitrogens is 2. The van der Waals surface area contributed by atoms with Crippen molar-refractivity contribution in [3.8, 4) is 22.5 Å². The minimum atomic E-state index is -0.695. The topological polar surface area (TPSA) is 175 Å². The highest BCUT2D eigenvalue weighted by atomic mass is 32.1. The fourth-order valence-electron chi connectivity index (χ4n) is 6.86. The van der Waals surface area contributed by atoms with E-state index in [1.54, 1.807) is 22.7 Å². The van der Waals surface area contributed by atoms with E-state index in [4.69, 9.17) is 19.4 Å². The first kappa shape index (κ1) is 35.4. The number of rotatable bonds is 10. The maximum Gasteiger partial charge on any atom is 0.407 e. The predicted octanol–water partition coefficient (Wildman–Crippen LogP) is 5.83. The zero-order valence-electron chi connectivity index (χ0n) is 29.1. The molecule has 0 saturated carbocycles. The van der Waals surface area contributed by atoms with Crippen molar-refractivity contribution in [3.63, 3.8) is 0 Å². The van der Waals surface area contributed by atoms with Crippen molar-refractivity contribution in [2.75, 3.05) is 27.3 Å². The Morgan fingerprint density at radius 2 is 1.14 bits per heavy atom. The Kier molecular flexibility index (Phi) is 10.5. The van der Waals surface area contributed by atoms with E-state index >= 15 is 0 Å². The summed E-state index contributed by atoms with van der Waals surface area (Å²) in [7, 11) is 2.57. The molecule has 4 aromatic rings. The van der Waals surface area contributed by atoms with Gasteiger partial charge in [0, 0.05) is 35.0 Å². The Labute approximate surface area is 298 Å². The number of aromatic nitrogens is 4. The molecule has 50 heavy (non-hydrogen) atoms. The van der Waals surface area contributed by atoms with Crippen molar-refractivity contribution in [1.29, 1.82) is 0 Å². The third-order valence-corrected chi connectivity index (χ3v) is 11.7. The smallest absolute Gasteiger partial charge is 0.407 e. The monoisotopic (exact) mass is 724 g/mol. The molecule has 0 aromatic carbocycles. The molecule has 3 unspecified atom stereocenters. The second-order valence-electron chi connectivity index (χ2n) is 13.4. The van der Waals surface area contributed by atoms with E-state index in [0.29, 0.717) is 13.1 Å². The summed E-state index contributed by atoms with van der Waals surface area (Å²) >= 11 is 3.28. The highest BCUT2D eigenvalue weighted by molar-refractivity contribution is 7.27. The molecule has 2 saturated heterocycles. The largest absolute Gasteiger partial charge is 0.453 e. The molecule has 6 rings (SSSR count). The van der Waals surface area contributed by atoms with Crippen molar-refractivity contribution < 1.29 is 28.7 Å². The van der Waals surface area contributed by atoms with Gasteiger partial charge in [0.15, 0.2) is 0 Å².